The lowest BCUT2D eigenvalue weighted by atomic mass is 10.0. The first kappa shape index (κ1) is 14.5. The predicted molar refractivity (Wildman–Crippen MR) is 79.0 cm³/mol. The Kier molecular flexibility index (Phi) is 4.04. The van der Waals surface area contributed by atoms with Gasteiger partial charge in [-0.15, -0.1) is 0 Å². The fraction of sp³-hybridized carbons (Fsp3) is 0.235. The van der Waals surface area contributed by atoms with E-state index in [-0.39, 0.29) is 18.3 Å². The molecule has 0 bridgehead atoms. The molecule has 0 saturated carbocycles. The Morgan fingerprint density at radius 1 is 1.14 bits per heavy atom. The minimum absolute atomic E-state index is 0.180. The van der Waals surface area contributed by atoms with Gasteiger partial charge >= 0.3 is 0 Å². The van der Waals surface area contributed by atoms with Gasteiger partial charge in [0.25, 0.3) is 5.91 Å². The van der Waals surface area contributed by atoms with E-state index in [1.807, 2.05) is 0 Å². The molecular formula is C17H15F2NO2. The topological polar surface area (TPSA) is 29.5 Å². The van der Waals surface area contributed by atoms with Gasteiger partial charge in [0.1, 0.15) is 17.4 Å². The summed E-state index contributed by atoms with van der Waals surface area (Å²) in [6.07, 6.45) is 1.53. The molecule has 1 aliphatic rings. The zero-order chi connectivity index (χ0) is 15.5. The Morgan fingerprint density at radius 3 is 2.77 bits per heavy atom. The van der Waals surface area contributed by atoms with Crippen molar-refractivity contribution >= 4 is 11.6 Å². The summed E-state index contributed by atoms with van der Waals surface area (Å²) in [5.41, 5.74) is 1.55. The molecule has 0 saturated heterocycles. The first-order chi connectivity index (χ1) is 10.6. The Bertz CT molecular complexity index is 703. The second-order valence-electron chi connectivity index (χ2n) is 5.17. The third kappa shape index (κ3) is 3.08. The van der Waals surface area contributed by atoms with Crippen molar-refractivity contribution in [2.45, 2.75) is 12.8 Å². The minimum atomic E-state index is -0.413. The number of nitrogens with zero attached hydrogens (tertiary/aromatic N) is 1. The zero-order valence-corrected chi connectivity index (χ0v) is 11.9. The number of rotatable bonds is 3. The number of carbonyl (C=O) groups excluding carboxylic acids is 1. The van der Waals surface area contributed by atoms with Crippen LogP contribution in [0.4, 0.5) is 14.5 Å². The van der Waals surface area contributed by atoms with Crippen LogP contribution in [0.3, 0.4) is 0 Å². The minimum Gasteiger partial charge on any atom is -0.484 e. The van der Waals surface area contributed by atoms with Gasteiger partial charge in [0.2, 0.25) is 0 Å². The maximum absolute atomic E-state index is 13.3. The summed E-state index contributed by atoms with van der Waals surface area (Å²) in [5, 5.41) is 0. The maximum Gasteiger partial charge on any atom is 0.264 e. The molecule has 2 aromatic rings. The lowest BCUT2D eigenvalue weighted by molar-refractivity contribution is -0.120. The van der Waals surface area contributed by atoms with Gasteiger partial charge in [0, 0.05) is 18.3 Å². The molecule has 0 fully saturated rings. The van der Waals surface area contributed by atoms with Crippen molar-refractivity contribution in [3.63, 3.8) is 0 Å². The monoisotopic (exact) mass is 303 g/mol. The predicted octanol–water partition coefficient (Wildman–Crippen LogP) is 3.32. The number of halogens is 2. The van der Waals surface area contributed by atoms with Gasteiger partial charge < -0.3 is 9.64 Å². The number of hydrogen-bond acceptors (Lipinski definition) is 2. The van der Waals surface area contributed by atoms with Crippen LogP contribution in [0.15, 0.2) is 42.5 Å². The summed E-state index contributed by atoms with van der Waals surface area (Å²) in [5.74, 6) is -0.630. The maximum atomic E-state index is 13.3. The van der Waals surface area contributed by atoms with Crippen LogP contribution in [-0.2, 0) is 11.2 Å². The van der Waals surface area contributed by atoms with Gasteiger partial charge in [-0.3, -0.25) is 4.79 Å². The van der Waals surface area contributed by atoms with Crippen LogP contribution in [0.2, 0.25) is 0 Å². The summed E-state index contributed by atoms with van der Waals surface area (Å²) in [6, 6.07) is 10.1. The molecule has 0 N–H and O–H groups in total. The van der Waals surface area contributed by atoms with Crippen LogP contribution in [0.25, 0.3) is 0 Å². The van der Waals surface area contributed by atoms with E-state index in [2.05, 4.69) is 0 Å². The lowest BCUT2D eigenvalue weighted by Crippen LogP contribution is -2.38. The van der Waals surface area contributed by atoms with Crippen molar-refractivity contribution in [1.82, 2.24) is 0 Å². The number of ether oxygens (including phenoxy) is 1. The number of carbonyl (C=O) groups is 1. The second kappa shape index (κ2) is 6.13. The number of anilines is 1. The van der Waals surface area contributed by atoms with Crippen molar-refractivity contribution in [3.05, 3.63) is 59.7 Å². The first-order valence-electron chi connectivity index (χ1n) is 7.10. The highest BCUT2D eigenvalue weighted by molar-refractivity contribution is 5.95. The summed E-state index contributed by atoms with van der Waals surface area (Å²) < 4.78 is 31.7. The van der Waals surface area contributed by atoms with Gasteiger partial charge in [0.15, 0.2) is 6.61 Å². The number of hydrogen-bond donors (Lipinski definition) is 0. The number of fused-ring (bicyclic) bond motifs is 1. The Hall–Kier alpha value is -2.43. The molecule has 0 radical (unpaired) electrons. The molecule has 1 heterocycles. The molecule has 1 aliphatic heterocycles. The molecule has 3 nitrogen and oxygen atoms in total. The van der Waals surface area contributed by atoms with Crippen LogP contribution in [0.1, 0.15) is 12.0 Å². The van der Waals surface area contributed by atoms with E-state index < -0.39 is 5.82 Å². The van der Waals surface area contributed by atoms with Crippen LogP contribution >= 0.6 is 0 Å². The molecule has 3 rings (SSSR count). The molecule has 114 valence electrons. The third-order valence-electron chi connectivity index (χ3n) is 3.62. The second-order valence-corrected chi connectivity index (χ2v) is 5.17. The van der Waals surface area contributed by atoms with Gasteiger partial charge in [-0.2, -0.15) is 0 Å². The molecular weight excluding hydrogens is 288 g/mol. The first-order valence-corrected chi connectivity index (χ1v) is 7.10. The van der Waals surface area contributed by atoms with E-state index >= 15 is 0 Å². The Balaban J connectivity index is 1.71. The van der Waals surface area contributed by atoms with Crippen molar-refractivity contribution in [2.75, 3.05) is 18.1 Å². The number of aryl methyl sites for hydroxylation is 1. The van der Waals surface area contributed by atoms with E-state index in [9.17, 15) is 13.6 Å². The zero-order valence-electron chi connectivity index (χ0n) is 11.9. The van der Waals surface area contributed by atoms with Gasteiger partial charge in [-0.25, -0.2) is 8.78 Å². The average Bonchev–Trinajstić information content (AvgIpc) is 2.52. The smallest absolute Gasteiger partial charge is 0.264 e. The van der Waals surface area contributed by atoms with E-state index in [0.29, 0.717) is 12.3 Å². The standard InChI is InChI=1S/C17H15F2NO2/c18-13-4-1-5-15(10-13)22-11-17(21)20-8-2-3-12-9-14(19)6-7-16(12)20/h1,4-7,9-10H,2-3,8,11H2. The highest BCUT2D eigenvalue weighted by atomic mass is 19.1. The van der Waals surface area contributed by atoms with Gasteiger partial charge in [0.05, 0.1) is 0 Å². The fourth-order valence-electron chi connectivity index (χ4n) is 2.60. The van der Waals surface area contributed by atoms with Gasteiger partial charge in [-0.1, -0.05) is 6.07 Å². The molecule has 2 aromatic carbocycles. The van der Waals surface area contributed by atoms with Crippen molar-refractivity contribution in [3.8, 4) is 5.75 Å². The molecule has 0 atom stereocenters. The Morgan fingerprint density at radius 2 is 1.95 bits per heavy atom. The van der Waals surface area contributed by atoms with Gasteiger partial charge in [-0.05, 0) is 48.7 Å². The quantitative estimate of drug-likeness (QED) is 0.870. The molecule has 0 aromatic heterocycles. The number of benzene rings is 2. The molecule has 0 unspecified atom stereocenters. The third-order valence-corrected chi connectivity index (χ3v) is 3.62. The molecule has 0 aliphatic carbocycles. The summed E-state index contributed by atoms with van der Waals surface area (Å²) in [4.78, 5) is 13.9. The summed E-state index contributed by atoms with van der Waals surface area (Å²) >= 11 is 0. The van der Waals surface area contributed by atoms with Crippen LogP contribution in [-0.4, -0.2) is 19.1 Å². The van der Waals surface area contributed by atoms with E-state index in [0.717, 1.165) is 24.1 Å². The van der Waals surface area contributed by atoms with Crippen LogP contribution < -0.4 is 9.64 Å². The van der Waals surface area contributed by atoms with E-state index in [1.165, 1.54) is 30.3 Å². The SMILES string of the molecule is O=C(COc1cccc(F)c1)N1CCCc2cc(F)ccc21. The normalized spacial score (nSPS) is 13.6. The largest absolute Gasteiger partial charge is 0.484 e. The van der Waals surface area contributed by atoms with Crippen LogP contribution in [0, 0.1) is 11.6 Å². The van der Waals surface area contributed by atoms with Crippen molar-refractivity contribution < 1.29 is 18.3 Å². The van der Waals surface area contributed by atoms with Crippen molar-refractivity contribution in [1.29, 1.82) is 0 Å². The highest BCUT2D eigenvalue weighted by Gasteiger charge is 2.23. The molecule has 22 heavy (non-hydrogen) atoms. The fourth-order valence-corrected chi connectivity index (χ4v) is 2.60. The lowest BCUT2D eigenvalue weighted by Gasteiger charge is -2.29. The van der Waals surface area contributed by atoms with Crippen LogP contribution in [0.5, 0.6) is 5.75 Å². The van der Waals surface area contributed by atoms with Crippen molar-refractivity contribution in [2.24, 2.45) is 0 Å². The average molecular weight is 303 g/mol. The summed E-state index contributed by atoms with van der Waals surface area (Å²) in [6.45, 7) is 0.393. The number of amides is 1. The highest BCUT2D eigenvalue weighted by Crippen LogP contribution is 2.28. The van der Waals surface area contributed by atoms with E-state index in [1.54, 1.807) is 17.0 Å². The molecule has 5 heteroatoms. The molecule has 0 spiro atoms. The Labute approximate surface area is 127 Å². The molecule has 1 amide bonds. The van der Waals surface area contributed by atoms with E-state index in [4.69, 9.17) is 4.74 Å². The summed E-state index contributed by atoms with van der Waals surface area (Å²) in [7, 11) is 0.